The topological polar surface area (TPSA) is 12.0 Å². The van der Waals surface area contributed by atoms with Crippen LogP contribution >= 0.6 is 0 Å². The number of rotatable bonds is 7. The Bertz CT molecular complexity index is 157. The van der Waals surface area contributed by atoms with Crippen molar-refractivity contribution in [3.63, 3.8) is 0 Å². The summed E-state index contributed by atoms with van der Waals surface area (Å²) in [6, 6.07) is 0. The number of hydrogen-bond acceptors (Lipinski definition) is 1. The zero-order chi connectivity index (χ0) is 10.3. The van der Waals surface area contributed by atoms with E-state index in [-0.39, 0.29) is 0 Å². The summed E-state index contributed by atoms with van der Waals surface area (Å²) in [5, 5.41) is 3.15. The van der Waals surface area contributed by atoms with Gasteiger partial charge in [-0.1, -0.05) is 39.2 Å². The van der Waals surface area contributed by atoms with Gasteiger partial charge in [0.05, 0.1) is 0 Å². The quantitative estimate of drug-likeness (QED) is 0.608. The highest BCUT2D eigenvalue weighted by atomic mass is 14.8. The SMILES string of the molecule is C=CNCCCCCC1(C)CCCC1. The molecule has 0 spiro atoms. The van der Waals surface area contributed by atoms with Crippen molar-refractivity contribution in [2.24, 2.45) is 5.41 Å². The van der Waals surface area contributed by atoms with Gasteiger partial charge in [-0.05, 0) is 37.3 Å². The third kappa shape index (κ3) is 4.17. The third-order valence-corrected chi connectivity index (χ3v) is 3.56. The molecule has 0 saturated heterocycles. The smallest absolute Gasteiger partial charge is 0.0141 e. The molecule has 0 atom stereocenters. The normalized spacial score (nSPS) is 19.5. The Morgan fingerprint density at radius 3 is 2.57 bits per heavy atom. The van der Waals surface area contributed by atoms with Crippen LogP contribution in [0.15, 0.2) is 12.8 Å². The first-order valence-corrected chi connectivity index (χ1v) is 6.11. The summed E-state index contributed by atoms with van der Waals surface area (Å²) >= 11 is 0. The van der Waals surface area contributed by atoms with Crippen molar-refractivity contribution < 1.29 is 0 Å². The molecule has 1 nitrogen and oxygen atoms in total. The van der Waals surface area contributed by atoms with Crippen molar-refractivity contribution >= 4 is 0 Å². The van der Waals surface area contributed by atoms with Gasteiger partial charge in [0.2, 0.25) is 0 Å². The predicted octanol–water partition coefficient (Wildman–Crippen LogP) is 3.86. The molecule has 0 heterocycles. The fourth-order valence-corrected chi connectivity index (χ4v) is 2.54. The van der Waals surface area contributed by atoms with E-state index in [1.807, 2.05) is 0 Å². The third-order valence-electron chi connectivity index (χ3n) is 3.56. The van der Waals surface area contributed by atoms with Gasteiger partial charge in [-0.25, -0.2) is 0 Å². The Morgan fingerprint density at radius 1 is 1.21 bits per heavy atom. The number of unbranched alkanes of at least 4 members (excludes halogenated alkanes) is 2. The highest BCUT2D eigenvalue weighted by Crippen LogP contribution is 2.41. The minimum Gasteiger partial charge on any atom is -0.391 e. The van der Waals surface area contributed by atoms with E-state index in [2.05, 4.69) is 18.8 Å². The van der Waals surface area contributed by atoms with Gasteiger partial charge in [0.15, 0.2) is 0 Å². The lowest BCUT2D eigenvalue weighted by molar-refractivity contribution is 0.295. The van der Waals surface area contributed by atoms with E-state index in [4.69, 9.17) is 0 Å². The van der Waals surface area contributed by atoms with Crippen molar-refractivity contribution in [3.8, 4) is 0 Å². The van der Waals surface area contributed by atoms with Gasteiger partial charge >= 0.3 is 0 Å². The van der Waals surface area contributed by atoms with Crippen molar-refractivity contribution in [3.05, 3.63) is 12.8 Å². The van der Waals surface area contributed by atoms with Crippen LogP contribution in [0.3, 0.4) is 0 Å². The van der Waals surface area contributed by atoms with Crippen LogP contribution in [-0.2, 0) is 0 Å². The molecule has 0 aliphatic heterocycles. The zero-order valence-corrected chi connectivity index (χ0v) is 9.65. The summed E-state index contributed by atoms with van der Waals surface area (Å²) in [6.45, 7) is 7.21. The van der Waals surface area contributed by atoms with Crippen LogP contribution in [0.4, 0.5) is 0 Å². The molecular weight excluding hydrogens is 170 g/mol. The molecule has 82 valence electrons. The fourth-order valence-electron chi connectivity index (χ4n) is 2.54. The van der Waals surface area contributed by atoms with Gasteiger partial charge in [-0.3, -0.25) is 0 Å². The van der Waals surface area contributed by atoms with Crippen molar-refractivity contribution in [2.45, 2.75) is 58.3 Å². The Kier molecular flexibility index (Phi) is 5.06. The first kappa shape index (κ1) is 11.6. The molecule has 0 unspecified atom stereocenters. The zero-order valence-electron chi connectivity index (χ0n) is 9.65. The molecule has 0 aromatic carbocycles. The van der Waals surface area contributed by atoms with Crippen LogP contribution in [0.5, 0.6) is 0 Å². The second-order valence-corrected chi connectivity index (χ2v) is 4.99. The number of hydrogen-bond donors (Lipinski definition) is 1. The summed E-state index contributed by atoms with van der Waals surface area (Å²) in [4.78, 5) is 0. The van der Waals surface area contributed by atoms with Crippen LogP contribution in [0, 0.1) is 5.41 Å². The van der Waals surface area contributed by atoms with Gasteiger partial charge in [-0.2, -0.15) is 0 Å². The summed E-state index contributed by atoms with van der Waals surface area (Å²) in [5.41, 5.74) is 0.700. The van der Waals surface area contributed by atoms with Gasteiger partial charge in [-0.15, -0.1) is 0 Å². The summed E-state index contributed by atoms with van der Waals surface area (Å²) in [6.07, 6.45) is 13.2. The minimum atomic E-state index is 0.700. The van der Waals surface area contributed by atoms with E-state index in [1.54, 1.807) is 6.20 Å². The molecule has 0 aromatic rings. The molecule has 14 heavy (non-hydrogen) atoms. The molecule has 1 N–H and O–H groups in total. The monoisotopic (exact) mass is 195 g/mol. The lowest BCUT2D eigenvalue weighted by Gasteiger charge is -2.22. The molecule has 1 rings (SSSR count). The standard InChI is InChI=1S/C13H25N/c1-3-14-12-8-4-5-9-13(2)10-6-7-11-13/h3,14H,1,4-12H2,2H3. The molecule has 1 saturated carbocycles. The highest BCUT2D eigenvalue weighted by Gasteiger charge is 2.27. The van der Waals surface area contributed by atoms with Crippen molar-refractivity contribution in [1.29, 1.82) is 0 Å². The Labute approximate surface area is 89.0 Å². The highest BCUT2D eigenvalue weighted by molar-refractivity contribution is 4.79. The summed E-state index contributed by atoms with van der Waals surface area (Å²) in [5.74, 6) is 0. The van der Waals surface area contributed by atoms with Crippen molar-refractivity contribution in [1.82, 2.24) is 5.32 Å². The van der Waals surface area contributed by atoms with Gasteiger partial charge in [0, 0.05) is 6.54 Å². The Morgan fingerprint density at radius 2 is 1.93 bits per heavy atom. The largest absolute Gasteiger partial charge is 0.391 e. The van der Waals surface area contributed by atoms with E-state index in [9.17, 15) is 0 Å². The van der Waals surface area contributed by atoms with E-state index >= 15 is 0 Å². The fraction of sp³-hybridized carbons (Fsp3) is 0.846. The molecule has 0 radical (unpaired) electrons. The molecule has 0 bridgehead atoms. The van der Waals surface area contributed by atoms with E-state index < -0.39 is 0 Å². The maximum absolute atomic E-state index is 3.64. The second kappa shape index (κ2) is 6.10. The molecular formula is C13H25N. The molecule has 1 fully saturated rings. The predicted molar refractivity (Wildman–Crippen MR) is 63.2 cm³/mol. The van der Waals surface area contributed by atoms with E-state index in [0.29, 0.717) is 5.41 Å². The second-order valence-electron chi connectivity index (χ2n) is 4.99. The van der Waals surface area contributed by atoms with Crippen LogP contribution in [0.1, 0.15) is 58.3 Å². The van der Waals surface area contributed by atoms with Crippen molar-refractivity contribution in [2.75, 3.05) is 6.54 Å². The summed E-state index contributed by atoms with van der Waals surface area (Å²) < 4.78 is 0. The number of nitrogens with one attached hydrogen (secondary N) is 1. The van der Waals surface area contributed by atoms with E-state index in [1.165, 1.54) is 51.4 Å². The first-order chi connectivity index (χ1) is 6.77. The van der Waals surface area contributed by atoms with Crippen LogP contribution in [0.2, 0.25) is 0 Å². The van der Waals surface area contributed by atoms with Crippen LogP contribution in [0.25, 0.3) is 0 Å². The minimum absolute atomic E-state index is 0.700. The Hall–Kier alpha value is -0.460. The molecule has 1 aliphatic carbocycles. The Balaban J connectivity index is 1.95. The van der Waals surface area contributed by atoms with Crippen LogP contribution in [-0.4, -0.2) is 6.54 Å². The van der Waals surface area contributed by atoms with Gasteiger partial charge in [0.25, 0.3) is 0 Å². The molecule has 0 amide bonds. The average Bonchev–Trinajstić information content (AvgIpc) is 2.59. The average molecular weight is 195 g/mol. The molecule has 0 aromatic heterocycles. The lowest BCUT2D eigenvalue weighted by Crippen LogP contribution is -2.11. The van der Waals surface area contributed by atoms with E-state index in [0.717, 1.165) is 6.54 Å². The molecule has 1 aliphatic rings. The first-order valence-electron chi connectivity index (χ1n) is 6.11. The van der Waals surface area contributed by atoms with Crippen LogP contribution < -0.4 is 5.32 Å². The van der Waals surface area contributed by atoms with Gasteiger partial charge in [0.1, 0.15) is 0 Å². The van der Waals surface area contributed by atoms with Gasteiger partial charge < -0.3 is 5.32 Å². The maximum atomic E-state index is 3.64. The lowest BCUT2D eigenvalue weighted by atomic mass is 9.83. The molecule has 1 heteroatoms. The summed E-state index contributed by atoms with van der Waals surface area (Å²) in [7, 11) is 0. The maximum Gasteiger partial charge on any atom is 0.0141 e.